The van der Waals surface area contributed by atoms with Crippen molar-refractivity contribution in [3.05, 3.63) is 79.0 Å². The second kappa shape index (κ2) is 12.4. The molecule has 0 unspecified atom stereocenters. The zero-order valence-electron chi connectivity index (χ0n) is 23.8. The number of carboxylic acid groups (broad SMARTS) is 1. The molecule has 1 atom stereocenters. The van der Waals surface area contributed by atoms with Crippen molar-refractivity contribution in [2.24, 2.45) is 5.41 Å². The van der Waals surface area contributed by atoms with Gasteiger partial charge in [-0.3, -0.25) is 23.7 Å². The normalized spacial score (nSPS) is 18.6. The lowest BCUT2D eigenvalue weighted by atomic mass is 9.92. The zero-order valence-corrected chi connectivity index (χ0v) is 25.4. The molecule has 0 spiro atoms. The molecule has 3 aromatic heterocycles. The van der Waals surface area contributed by atoms with Crippen molar-refractivity contribution < 1.29 is 18.7 Å². The van der Waals surface area contributed by atoms with E-state index in [0.717, 1.165) is 69.7 Å². The molecule has 1 saturated carbocycles. The first-order valence-corrected chi connectivity index (χ1v) is 15.8. The number of fused-ring (bicyclic) bond motifs is 2. The Hall–Kier alpha value is -3.61. The minimum absolute atomic E-state index is 0.0498. The fourth-order valence-corrected chi connectivity index (χ4v) is 7.79. The Labute approximate surface area is 260 Å². The van der Waals surface area contributed by atoms with E-state index in [1.54, 1.807) is 6.20 Å². The highest BCUT2D eigenvalue weighted by molar-refractivity contribution is 7.19. The highest BCUT2D eigenvalue weighted by atomic mass is 35.5. The number of nitrogens with one attached hydrogen (secondary N) is 1. The molecule has 7 rings (SSSR count). The van der Waals surface area contributed by atoms with Crippen LogP contribution in [0, 0.1) is 5.41 Å². The predicted octanol–water partition coefficient (Wildman–Crippen LogP) is 4.85. The number of rotatable bonds is 7. The summed E-state index contributed by atoms with van der Waals surface area (Å²) in [7, 11) is 0. The molecule has 2 fully saturated rings. The quantitative estimate of drug-likeness (QED) is 0.277. The van der Waals surface area contributed by atoms with Crippen LogP contribution in [0.1, 0.15) is 36.1 Å². The van der Waals surface area contributed by atoms with Gasteiger partial charge in [0, 0.05) is 76.3 Å². The van der Waals surface area contributed by atoms with E-state index in [2.05, 4.69) is 21.3 Å². The maximum atomic E-state index is 13.6. The smallest absolute Gasteiger partial charge is 0.331 e. The maximum Gasteiger partial charge on any atom is 0.331 e. The molecule has 5 heterocycles. The van der Waals surface area contributed by atoms with E-state index in [1.807, 2.05) is 18.2 Å². The number of halogens is 3. The third-order valence-electron chi connectivity index (χ3n) is 8.81. The fourth-order valence-electron chi connectivity index (χ4n) is 6.41. The van der Waals surface area contributed by atoms with Crippen molar-refractivity contribution in [1.29, 1.82) is 0 Å². The molecule has 0 amide bonds. The third-order valence-corrected chi connectivity index (χ3v) is 10.2. The lowest BCUT2D eigenvalue weighted by Crippen LogP contribution is -2.41. The van der Waals surface area contributed by atoms with Crippen LogP contribution in [0.2, 0.25) is 5.02 Å². The molecule has 2 N–H and O–H groups in total. The van der Waals surface area contributed by atoms with Gasteiger partial charge in [-0.2, -0.15) is 0 Å². The number of hydrogen-bond donors (Lipinski definition) is 2. The van der Waals surface area contributed by atoms with Crippen LogP contribution in [0.3, 0.4) is 0 Å². The second-order valence-electron chi connectivity index (χ2n) is 11.6. The van der Waals surface area contributed by atoms with Crippen LogP contribution in [0.4, 0.5) is 14.5 Å². The van der Waals surface area contributed by atoms with Crippen molar-refractivity contribution >= 4 is 45.3 Å². The number of nitrogens with zero attached hydrogens (tertiary/aromatic N) is 4. The molecule has 1 saturated heterocycles. The van der Waals surface area contributed by atoms with Crippen molar-refractivity contribution in [3.8, 4) is 11.1 Å². The number of aromatic nitrogens is 3. The first kappa shape index (κ1) is 30.4. The number of alkyl halides is 2. The van der Waals surface area contributed by atoms with Gasteiger partial charge in [0.1, 0.15) is 0 Å². The largest absolute Gasteiger partial charge is 0.483 e. The molecular weight excluding hydrogens is 612 g/mol. The van der Waals surface area contributed by atoms with E-state index in [-0.39, 0.29) is 19.6 Å². The van der Waals surface area contributed by atoms with Gasteiger partial charge in [-0.05, 0) is 68.5 Å². The minimum Gasteiger partial charge on any atom is -0.483 e. The molecule has 3 aliphatic rings. The summed E-state index contributed by atoms with van der Waals surface area (Å²) in [5.41, 5.74) is 3.16. The van der Waals surface area contributed by atoms with E-state index in [0.29, 0.717) is 23.9 Å². The third kappa shape index (κ3) is 5.78. The predicted molar refractivity (Wildman–Crippen MR) is 167 cm³/mol. The summed E-state index contributed by atoms with van der Waals surface area (Å²) >= 11 is 8.15. The average Bonchev–Trinajstić information content (AvgIpc) is 3.38. The Morgan fingerprint density at radius 1 is 1.20 bits per heavy atom. The Balaban J connectivity index is 0.00000110. The standard InChI is InChI=1S/C30H30ClF2N5O2S.CH2O2/c31-19-12-18-2-1-10-37(20-3-8-34-15-20)26(18)23(13-19)22-4-9-35-24-14-21(41-27(22)24)16-38-25(39)5-11-36(29(38)40)17-30(6-7-30)28(32)33;2-1-3/h4-5,9,11-14,20,28,34H,1-3,6-8,10,15-17H2;1H,(H,2,3)/t20-;/m0./s1. The maximum absolute atomic E-state index is 13.6. The monoisotopic (exact) mass is 643 g/mol. The summed E-state index contributed by atoms with van der Waals surface area (Å²) in [4.78, 5) is 42.3. The number of hydrogen-bond acceptors (Lipinski definition) is 7. The van der Waals surface area contributed by atoms with E-state index in [1.165, 1.54) is 39.4 Å². The number of benzene rings is 1. The summed E-state index contributed by atoms with van der Waals surface area (Å²) in [6.07, 6.45) is 4.53. The summed E-state index contributed by atoms with van der Waals surface area (Å²) in [5.74, 6) is 0. The number of aryl methyl sites for hydroxylation is 1. The van der Waals surface area contributed by atoms with Gasteiger partial charge in [0.05, 0.1) is 16.8 Å². The van der Waals surface area contributed by atoms with E-state index < -0.39 is 23.1 Å². The highest BCUT2D eigenvalue weighted by Crippen LogP contribution is 2.51. The number of pyridine rings is 1. The first-order valence-electron chi connectivity index (χ1n) is 14.6. The lowest BCUT2D eigenvalue weighted by Gasteiger charge is -2.38. The summed E-state index contributed by atoms with van der Waals surface area (Å²) in [6, 6.07) is 9.74. The molecule has 4 aromatic rings. The minimum atomic E-state index is -2.50. The van der Waals surface area contributed by atoms with Gasteiger partial charge in [-0.25, -0.2) is 13.6 Å². The van der Waals surface area contributed by atoms with Gasteiger partial charge < -0.3 is 15.3 Å². The number of carbonyl (C=O) groups is 1. The van der Waals surface area contributed by atoms with E-state index in [9.17, 15) is 18.4 Å². The van der Waals surface area contributed by atoms with Crippen LogP contribution >= 0.6 is 22.9 Å². The van der Waals surface area contributed by atoms with Crippen molar-refractivity contribution in [2.75, 3.05) is 24.5 Å². The SMILES string of the molecule is O=CO.O=c1ccn(CC2(C(F)F)CC2)c(=O)n1Cc1cc2nccc(-c3cc(Cl)cc4c3N([C@H]3CCNC3)CCC4)c2s1. The van der Waals surface area contributed by atoms with Crippen LogP contribution in [0.15, 0.2) is 52.3 Å². The molecule has 2 aliphatic heterocycles. The molecule has 13 heteroatoms. The van der Waals surface area contributed by atoms with Crippen LogP contribution in [-0.2, 0) is 24.3 Å². The molecular formula is C31H32ClF2N5O4S. The Kier molecular flexibility index (Phi) is 8.58. The van der Waals surface area contributed by atoms with Crippen LogP contribution in [0.25, 0.3) is 21.3 Å². The van der Waals surface area contributed by atoms with Crippen LogP contribution in [0.5, 0.6) is 0 Å². The van der Waals surface area contributed by atoms with Gasteiger partial charge in [-0.15, -0.1) is 11.3 Å². The van der Waals surface area contributed by atoms with Gasteiger partial charge in [0.25, 0.3) is 12.0 Å². The molecule has 1 aromatic carbocycles. The highest BCUT2D eigenvalue weighted by Gasteiger charge is 2.51. The molecule has 9 nitrogen and oxygen atoms in total. The number of thiophene rings is 1. The van der Waals surface area contributed by atoms with E-state index >= 15 is 0 Å². The number of anilines is 1. The van der Waals surface area contributed by atoms with Crippen molar-refractivity contribution in [1.82, 2.24) is 19.4 Å². The van der Waals surface area contributed by atoms with Gasteiger partial charge in [-0.1, -0.05) is 11.6 Å². The average molecular weight is 644 g/mol. The Morgan fingerprint density at radius 2 is 2.00 bits per heavy atom. The lowest BCUT2D eigenvalue weighted by molar-refractivity contribution is -0.122. The Morgan fingerprint density at radius 3 is 2.70 bits per heavy atom. The summed E-state index contributed by atoms with van der Waals surface area (Å²) < 4.78 is 30.4. The fraction of sp³-hybridized carbons (Fsp3) is 0.419. The molecule has 232 valence electrons. The molecule has 44 heavy (non-hydrogen) atoms. The summed E-state index contributed by atoms with van der Waals surface area (Å²) in [5, 5.41) is 11.1. The zero-order chi connectivity index (χ0) is 31.0. The van der Waals surface area contributed by atoms with Crippen LogP contribution < -0.4 is 21.5 Å². The summed E-state index contributed by atoms with van der Waals surface area (Å²) in [6.45, 7) is 2.67. The van der Waals surface area contributed by atoms with E-state index in [4.69, 9.17) is 21.5 Å². The molecule has 0 radical (unpaired) electrons. The van der Waals surface area contributed by atoms with Crippen molar-refractivity contribution in [3.63, 3.8) is 0 Å². The first-order chi connectivity index (χ1) is 21.2. The molecule has 0 bridgehead atoms. The second-order valence-corrected chi connectivity index (χ2v) is 13.2. The van der Waals surface area contributed by atoms with Gasteiger partial charge >= 0.3 is 5.69 Å². The Bertz CT molecular complexity index is 1810. The van der Waals surface area contributed by atoms with Crippen molar-refractivity contribution in [2.45, 2.75) is 57.7 Å². The molecule has 1 aliphatic carbocycles. The topological polar surface area (TPSA) is 109 Å². The van der Waals surface area contributed by atoms with Crippen LogP contribution in [-0.4, -0.2) is 57.8 Å². The van der Waals surface area contributed by atoms with Gasteiger partial charge in [0.15, 0.2) is 0 Å². The van der Waals surface area contributed by atoms with Gasteiger partial charge in [0.2, 0.25) is 6.43 Å².